The predicted octanol–water partition coefficient (Wildman–Crippen LogP) is 2.70. The van der Waals surface area contributed by atoms with Gasteiger partial charge in [0.05, 0.1) is 13.2 Å². The van der Waals surface area contributed by atoms with E-state index in [9.17, 15) is 14.4 Å². The molecule has 1 heterocycles. The minimum atomic E-state index is -0.926. The van der Waals surface area contributed by atoms with Crippen molar-refractivity contribution in [1.82, 2.24) is 10.3 Å². The lowest BCUT2D eigenvalue weighted by Crippen LogP contribution is -2.42. The fourth-order valence-electron chi connectivity index (χ4n) is 2.67. The van der Waals surface area contributed by atoms with Gasteiger partial charge in [0.15, 0.2) is 0 Å². The summed E-state index contributed by atoms with van der Waals surface area (Å²) in [4.78, 5) is 40.4. The summed E-state index contributed by atoms with van der Waals surface area (Å²) < 4.78 is 9.88. The number of carbonyl (C=O) groups excluding carboxylic acids is 3. The first-order valence-electron chi connectivity index (χ1n) is 9.89. The van der Waals surface area contributed by atoms with Crippen molar-refractivity contribution in [3.05, 3.63) is 59.9 Å². The summed E-state index contributed by atoms with van der Waals surface area (Å²) in [7, 11) is 0. The highest BCUT2D eigenvalue weighted by Crippen LogP contribution is 2.12. The third-order valence-corrected chi connectivity index (χ3v) is 4.19. The molecule has 0 bridgehead atoms. The van der Waals surface area contributed by atoms with E-state index in [1.807, 2.05) is 12.1 Å². The van der Waals surface area contributed by atoms with Crippen LogP contribution in [0, 0.1) is 0 Å². The van der Waals surface area contributed by atoms with Crippen LogP contribution in [0.3, 0.4) is 0 Å². The maximum atomic E-state index is 12.6. The summed E-state index contributed by atoms with van der Waals surface area (Å²) in [6, 6.07) is 9.79. The number of pyridine rings is 1. The second-order valence-corrected chi connectivity index (χ2v) is 6.41. The number of ether oxygens (including phenoxy) is 2. The van der Waals surface area contributed by atoms with Gasteiger partial charge in [-0.05, 0) is 56.2 Å². The van der Waals surface area contributed by atoms with Crippen LogP contribution in [-0.4, -0.2) is 42.1 Å². The van der Waals surface area contributed by atoms with Gasteiger partial charge in [0.25, 0.3) is 5.91 Å². The zero-order valence-electron chi connectivity index (χ0n) is 17.2. The predicted molar refractivity (Wildman–Crippen MR) is 112 cm³/mol. The molecule has 2 rings (SSSR count). The van der Waals surface area contributed by atoms with Gasteiger partial charge in [0, 0.05) is 36.6 Å². The minimum Gasteiger partial charge on any atom is -0.466 e. The van der Waals surface area contributed by atoms with Crippen molar-refractivity contribution in [2.75, 3.05) is 18.5 Å². The van der Waals surface area contributed by atoms with Crippen molar-refractivity contribution < 1.29 is 23.9 Å². The molecule has 0 radical (unpaired) electrons. The van der Waals surface area contributed by atoms with Gasteiger partial charge in [-0.3, -0.25) is 14.6 Å². The quantitative estimate of drug-likeness (QED) is 0.546. The van der Waals surface area contributed by atoms with Crippen LogP contribution in [0.1, 0.15) is 42.6 Å². The van der Waals surface area contributed by atoms with Crippen molar-refractivity contribution in [3.63, 3.8) is 0 Å². The Bertz CT molecular complexity index is 824. The fourth-order valence-corrected chi connectivity index (χ4v) is 2.67. The molecule has 2 N–H and O–H groups in total. The topological polar surface area (TPSA) is 107 Å². The number of esters is 2. The number of carbonyl (C=O) groups is 3. The second kappa shape index (κ2) is 12.2. The summed E-state index contributed by atoms with van der Waals surface area (Å²) in [5, 5.41) is 5.89. The third-order valence-electron chi connectivity index (χ3n) is 4.19. The maximum absolute atomic E-state index is 12.6. The average molecular weight is 413 g/mol. The Morgan fingerprint density at radius 3 is 2.40 bits per heavy atom. The van der Waals surface area contributed by atoms with Crippen LogP contribution in [0.5, 0.6) is 0 Å². The summed E-state index contributed by atoms with van der Waals surface area (Å²) in [6.45, 7) is 4.44. The van der Waals surface area contributed by atoms with E-state index in [1.165, 1.54) is 0 Å². The maximum Gasteiger partial charge on any atom is 0.328 e. The molecule has 0 aliphatic rings. The molecule has 0 fully saturated rings. The van der Waals surface area contributed by atoms with Crippen molar-refractivity contribution in [3.8, 4) is 0 Å². The van der Waals surface area contributed by atoms with E-state index in [0.717, 1.165) is 11.3 Å². The molecule has 1 aromatic carbocycles. The Balaban J connectivity index is 1.94. The lowest BCUT2D eigenvalue weighted by molar-refractivity contribution is -0.146. The van der Waals surface area contributed by atoms with Gasteiger partial charge in [-0.15, -0.1) is 0 Å². The first-order chi connectivity index (χ1) is 14.5. The highest BCUT2D eigenvalue weighted by Gasteiger charge is 2.24. The van der Waals surface area contributed by atoms with E-state index in [4.69, 9.17) is 9.47 Å². The van der Waals surface area contributed by atoms with Gasteiger partial charge >= 0.3 is 11.9 Å². The van der Waals surface area contributed by atoms with E-state index in [2.05, 4.69) is 15.6 Å². The lowest BCUT2D eigenvalue weighted by atomic mass is 10.1. The Labute approximate surface area is 176 Å². The van der Waals surface area contributed by atoms with E-state index >= 15 is 0 Å². The van der Waals surface area contributed by atoms with Gasteiger partial charge < -0.3 is 20.1 Å². The number of amides is 1. The number of nitrogens with zero attached hydrogens (tertiary/aromatic N) is 1. The van der Waals surface area contributed by atoms with E-state index in [1.54, 1.807) is 50.5 Å². The molecular formula is C22H27N3O5. The van der Waals surface area contributed by atoms with Crippen LogP contribution in [0.4, 0.5) is 5.69 Å². The van der Waals surface area contributed by atoms with Crippen LogP contribution in [0.25, 0.3) is 0 Å². The van der Waals surface area contributed by atoms with E-state index in [0.29, 0.717) is 12.1 Å². The Morgan fingerprint density at radius 2 is 1.77 bits per heavy atom. The molecule has 1 atom stereocenters. The van der Waals surface area contributed by atoms with Crippen LogP contribution in [0.15, 0.2) is 48.8 Å². The summed E-state index contributed by atoms with van der Waals surface area (Å²) >= 11 is 0. The van der Waals surface area contributed by atoms with Gasteiger partial charge in [-0.2, -0.15) is 0 Å². The van der Waals surface area contributed by atoms with E-state index in [-0.39, 0.29) is 26.1 Å². The molecule has 0 aliphatic heterocycles. The molecule has 8 heteroatoms. The highest BCUT2D eigenvalue weighted by molar-refractivity contribution is 5.97. The second-order valence-electron chi connectivity index (χ2n) is 6.41. The third kappa shape index (κ3) is 7.54. The molecule has 2 aromatic rings. The van der Waals surface area contributed by atoms with Crippen LogP contribution in [0.2, 0.25) is 0 Å². The van der Waals surface area contributed by atoms with Gasteiger partial charge in [-0.1, -0.05) is 6.07 Å². The summed E-state index contributed by atoms with van der Waals surface area (Å²) in [5.74, 6) is -1.43. The molecule has 1 amide bonds. The summed E-state index contributed by atoms with van der Waals surface area (Å²) in [6.07, 6.45) is 3.61. The molecule has 0 saturated heterocycles. The van der Waals surface area contributed by atoms with Crippen LogP contribution >= 0.6 is 0 Å². The number of benzene rings is 1. The van der Waals surface area contributed by atoms with E-state index < -0.39 is 23.9 Å². The largest absolute Gasteiger partial charge is 0.466 e. The first kappa shape index (κ1) is 22.9. The van der Waals surface area contributed by atoms with Gasteiger partial charge in [-0.25, -0.2) is 4.79 Å². The normalized spacial score (nSPS) is 11.3. The Morgan fingerprint density at radius 1 is 1.03 bits per heavy atom. The molecular weight excluding hydrogens is 386 g/mol. The van der Waals surface area contributed by atoms with Crippen molar-refractivity contribution in [1.29, 1.82) is 0 Å². The number of hydrogen-bond acceptors (Lipinski definition) is 7. The van der Waals surface area contributed by atoms with Crippen molar-refractivity contribution in [2.45, 2.75) is 39.3 Å². The number of hydrogen-bond donors (Lipinski definition) is 2. The SMILES string of the molecule is CCOC(=O)CC[C@H](NC(=O)c1ccc(NCc2cccnc2)cc1)C(=O)OCC. The standard InChI is InChI=1S/C22H27N3O5/c1-3-29-20(26)12-11-19(22(28)30-4-2)25-21(27)17-7-9-18(10-8-17)24-15-16-6-5-13-23-14-16/h5-10,13-14,19,24H,3-4,11-12,15H2,1-2H3,(H,25,27)/t19-/m0/s1. The van der Waals surface area contributed by atoms with Crippen LogP contribution in [-0.2, 0) is 25.6 Å². The smallest absolute Gasteiger partial charge is 0.328 e. The molecule has 0 unspecified atom stereocenters. The number of rotatable bonds is 11. The zero-order chi connectivity index (χ0) is 21.8. The monoisotopic (exact) mass is 413 g/mol. The first-order valence-corrected chi connectivity index (χ1v) is 9.89. The van der Waals surface area contributed by atoms with Crippen LogP contribution < -0.4 is 10.6 Å². The van der Waals surface area contributed by atoms with Crippen molar-refractivity contribution in [2.24, 2.45) is 0 Å². The molecule has 0 spiro atoms. The Kier molecular flexibility index (Phi) is 9.30. The number of nitrogens with one attached hydrogen (secondary N) is 2. The molecule has 0 aliphatic carbocycles. The lowest BCUT2D eigenvalue weighted by Gasteiger charge is -2.17. The average Bonchev–Trinajstić information content (AvgIpc) is 2.76. The molecule has 8 nitrogen and oxygen atoms in total. The molecule has 160 valence electrons. The fraction of sp³-hybridized carbons (Fsp3) is 0.364. The number of aromatic nitrogens is 1. The summed E-state index contributed by atoms with van der Waals surface area (Å²) in [5.41, 5.74) is 2.28. The van der Waals surface area contributed by atoms with Gasteiger partial charge in [0.2, 0.25) is 0 Å². The number of anilines is 1. The van der Waals surface area contributed by atoms with Gasteiger partial charge in [0.1, 0.15) is 6.04 Å². The molecule has 1 aromatic heterocycles. The minimum absolute atomic E-state index is 0.00873. The highest BCUT2D eigenvalue weighted by atomic mass is 16.5. The molecule has 30 heavy (non-hydrogen) atoms. The van der Waals surface area contributed by atoms with Crippen molar-refractivity contribution >= 4 is 23.5 Å². The zero-order valence-corrected chi connectivity index (χ0v) is 17.2. The molecule has 0 saturated carbocycles. The Hall–Kier alpha value is -3.42.